The zero-order chi connectivity index (χ0) is 13.0. The number of rotatable bonds is 10. The van der Waals surface area contributed by atoms with E-state index in [9.17, 15) is 9.59 Å². The molecule has 6 heteroatoms. The number of nitrogens with zero attached hydrogens (tertiary/aromatic N) is 2. The summed E-state index contributed by atoms with van der Waals surface area (Å²) in [7, 11) is 0.719. The van der Waals surface area contributed by atoms with E-state index >= 15 is 0 Å². The normalized spacial score (nSPS) is 13.5. The van der Waals surface area contributed by atoms with Crippen molar-refractivity contribution in [2.45, 2.75) is 32.6 Å². The minimum Gasteiger partial charge on any atom is -0.427 e. The maximum absolute atomic E-state index is 9.94. The van der Waals surface area contributed by atoms with Gasteiger partial charge in [0.15, 0.2) is 0 Å². The van der Waals surface area contributed by atoms with Crippen LogP contribution in [0.3, 0.4) is 0 Å². The minimum atomic E-state index is 0.0819. The molecule has 0 heterocycles. The third kappa shape index (κ3) is 8.71. The van der Waals surface area contributed by atoms with E-state index in [1.165, 1.54) is 12.2 Å². The van der Waals surface area contributed by atoms with Crippen LogP contribution in [0.25, 0.3) is 0 Å². The quantitative estimate of drug-likeness (QED) is 0.248. The summed E-state index contributed by atoms with van der Waals surface area (Å²) in [5.41, 5.74) is 0.0819. The Morgan fingerprint density at radius 1 is 1.12 bits per heavy atom. The summed E-state index contributed by atoms with van der Waals surface area (Å²) >= 11 is 0. The summed E-state index contributed by atoms with van der Waals surface area (Å²) in [5, 5.41) is 0. The molecule has 0 spiro atoms. The average molecular weight is 256 g/mol. The Hall–Kier alpha value is -1.06. The van der Waals surface area contributed by atoms with Crippen LogP contribution in [0.1, 0.15) is 32.6 Å². The lowest BCUT2D eigenvalue weighted by atomic mass is 9.82. The summed E-state index contributed by atoms with van der Waals surface area (Å²) in [4.78, 5) is 27.0. The zero-order valence-corrected chi connectivity index (χ0v) is 12.6. The molecule has 0 bridgehead atoms. The highest BCUT2D eigenvalue weighted by Gasteiger charge is 2.22. The molecular formula is C11H20N2O3Si. The number of hydrogen-bond acceptors (Lipinski definition) is 5. The van der Waals surface area contributed by atoms with E-state index in [0.717, 1.165) is 42.8 Å². The molecule has 5 nitrogen and oxygen atoms in total. The number of hydrogen-bond donors (Lipinski definition) is 0. The van der Waals surface area contributed by atoms with E-state index in [0.29, 0.717) is 13.1 Å². The zero-order valence-electron chi connectivity index (χ0n) is 10.6. The Balaban J connectivity index is 4.04. The van der Waals surface area contributed by atoms with Crippen LogP contribution in [0, 0.1) is 5.41 Å². The summed E-state index contributed by atoms with van der Waals surface area (Å²) in [5.74, 6) is 0. The second-order valence-corrected chi connectivity index (χ2v) is 4.97. The van der Waals surface area contributed by atoms with Crippen molar-refractivity contribution in [3.63, 3.8) is 0 Å². The molecule has 0 aromatic heterocycles. The fraction of sp³-hybridized carbons (Fsp3) is 0.818. The van der Waals surface area contributed by atoms with Crippen LogP contribution in [-0.4, -0.2) is 42.3 Å². The second kappa shape index (κ2) is 10.1. The maximum atomic E-state index is 9.94. The molecule has 0 fully saturated rings. The van der Waals surface area contributed by atoms with Crippen molar-refractivity contribution in [3.8, 4) is 0 Å². The summed E-state index contributed by atoms with van der Waals surface area (Å²) in [6.45, 7) is 3.91. The number of isocyanates is 2. The van der Waals surface area contributed by atoms with E-state index in [1.54, 1.807) is 0 Å². The fourth-order valence-corrected chi connectivity index (χ4v) is 2.58. The van der Waals surface area contributed by atoms with Crippen LogP contribution in [0.2, 0.25) is 0 Å². The minimum absolute atomic E-state index is 0.0819. The van der Waals surface area contributed by atoms with E-state index in [-0.39, 0.29) is 5.41 Å². The first-order valence-electron chi connectivity index (χ1n) is 5.75. The summed E-state index contributed by atoms with van der Waals surface area (Å²) in [6.07, 6.45) is 6.69. The van der Waals surface area contributed by atoms with Gasteiger partial charge in [-0.15, -0.1) is 0 Å². The lowest BCUT2D eigenvalue weighted by Gasteiger charge is -2.28. The van der Waals surface area contributed by atoms with Crippen LogP contribution in [0.4, 0.5) is 0 Å². The van der Waals surface area contributed by atoms with Gasteiger partial charge in [0, 0.05) is 6.61 Å². The van der Waals surface area contributed by atoms with Gasteiger partial charge in [-0.25, -0.2) is 19.6 Å². The first-order valence-corrected chi connectivity index (χ1v) is 6.56. The van der Waals surface area contributed by atoms with Crippen LogP contribution >= 0.6 is 0 Å². The molecule has 0 saturated carbocycles. The number of aliphatic imine (C=N–C) groups is 2. The largest absolute Gasteiger partial charge is 0.427 e. The topological polar surface area (TPSA) is 68.1 Å². The van der Waals surface area contributed by atoms with Gasteiger partial charge < -0.3 is 4.43 Å². The summed E-state index contributed by atoms with van der Waals surface area (Å²) < 4.78 is 5.34. The smallest absolute Gasteiger partial charge is 0.234 e. The molecule has 0 amide bonds. The maximum Gasteiger partial charge on any atom is 0.234 e. The van der Waals surface area contributed by atoms with Crippen molar-refractivity contribution in [1.82, 2.24) is 0 Å². The first kappa shape index (κ1) is 15.9. The molecular weight excluding hydrogens is 236 g/mol. The van der Waals surface area contributed by atoms with E-state index in [1.807, 2.05) is 0 Å². The molecule has 0 aliphatic heterocycles. The van der Waals surface area contributed by atoms with Gasteiger partial charge >= 0.3 is 0 Å². The lowest BCUT2D eigenvalue weighted by molar-refractivity contribution is 0.146. The predicted molar refractivity (Wildman–Crippen MR) is 68.4 cm³/mol. The van der Waals surface area contributed by atoms with Crippen molar-refractivity contribution in [2.24, 2.45) is 15.4 Å². The van der Waals surface area contributed by atoms with Crippen LogP contribution in [0.5, 0.6) is 0 Å². The monoisotopic (exact) mass is 256 g/mol. The highest BCUT2D eigenvalue weighted by Crippen LogP contribution is 2.29. The molecule has 0 rings (SSSR count). The molecule has 0 saturated heterocycles. The van der Waals surface area contributed by atoms with Crippen molar-refractivity contribution >= 4 is 22.6 Å². The van der Waals surface area contributed by atoms with Crippen LogP contribution in [0.15, 0.2) is 9.98 Å². The Morgan fingerprint density at radius 2 is 1.59 bits per heavy atom. The van der Waals surface area contributed by atoms with Gasteiger partial charge in [0.1, 0.15) is 10.5 Å². The van der Waals surface area contributed by atoms with Gasteiger partial charge in [0.2, 0.25) is 12.2 Å². The van der Waals surface area contributed by atoms with Crippen molar-refractivity contribution < 1.29 is 14.0 Å². The Kier molecular flexibility index (Phi) is 9.48. The fourth-order valence-electron chi connectivity index (χ4n) is 1.88. The highest BCUT2D eigenvalue weighted by atomic mass is 28.2. The lowest BCUT2D eigenvalue weighted by Crippen LogP contribution is -2.23. The van der Waals surface area contributed by atoms with Gasteiger partial charge in [-0.2, -0.15) is 0 Å². The predicted octanol–water partition coefficient (Wildman–Crippen LogP) is 0.522. The van der Waals surface area contributed by atoms with Crippen molar-refractivity contribution in [2.75, 3.05) is 19.7 Å². The van der Waals surface area contributed by atoms with Crippen molar-refractivity contribution in [3.05, 3.63) is 0 Å². The average Bonchev–Trinajstić information content (AvgIpc) is 2.31. The van der Waals surface area contributed by atoms with Gasteiger partial charge in [-0.1, -0.05) is 6.92 Å². The molecule has 0 aromatic rings. The SMILES string of the molecule is CC(CCCN=C=O)(CCCN=C=O)CO[SiH3]. The van der Waals surface area contributed by atoms with Gasteiger partial charge in [0.05, 0.1) is 13.1 Å². The van der Waals surface area contributed by atoms with Gasteiger partial charge in [-0.05, 0) is 31.1 Å². The van der Waals surface area contributed by atoms with Crippen LogP contribution < -0.4 is 0 Å². The van der Waals surface area contributed by atoms with Gasteiger partial charge in [0.25, 0.3) is 0 Å². The standard InChI is InChI=1S/C11H20N2O3Si/c1-11(8-16-17,4-2-6-12-9-14)5-3-7-13-10-15/h2-8H2,1,17H3. The van der Waals surface area contributed by atoms with Crippen molar-refractivity contribution in [1.29, 1.82) is 0 Å². The Labute approximate surface area is 105 Å². The third-order valence-electron chi connectivity index (χ3n) is 2.72. The molecule has 0 aromatic carbocycles. The molecule has 0 unspecified atom stereocenters. The molecule has 0 radical (unpaired) electrons. The number of carbonyl (C=O) groups excluding carboxylic acids is 2. The summed E-state index contributed by atoms with van der Waals surface area (Å²) in [6, 6.07) is 0. The first-order chi connectivity index (χ1) is 8.18. The van der Waals surface area contributed by atoms with E-state index < -0.39 is 0 Å². The van der Waals surface area contributed by atoms with Gasteiger partial charge in [-0.3, -0.25) is 0 Å². The van der Waals surface area contributed by atoms with E-state index in [4.69, 9.17) is 4.43 Å². The molecule has 17 heavy (non-hydrogen) atoms. The highest BCUT2D eigenvalue weighted by molar-refractivity contribution is 5.97. The third-order valence-corrected chi connectivity index (χ3v) is 3.01. The molecule has 0 atom stereocenters. The van der Waals surface area contributed by atoms with Crippen LogP contribution in [-0.2, 0) is 14.0 Å². The molecule has 0 N–H and O–H groups in total. The Bertz CT molecular complexity index is 273. The molecule has 96 valence electrons. The molecule has 0 aliphatic rings. The Morgan fingerprint density at radius 3 is 1.94 bits per heavy atom. The second-order valence-electron chi connectivity index (χ2n) is 4.40. The molecule has 0 aliphatic carbocycles. The van der Waals surface area contributed by atoms with E-state index in [2.05, 4.69) is 16.9 Å².